The maximum atomic E-state index is 8.36. The van der Waals surface area contributed by atoms with Gasteiger partial charge in [0, 0.05) is 0 Å². The van der Waals surface area contributed by atoms with E-state index in [1.54, 1.807) is 0 Å². The Morgan fingerprint density at radius 2 is 2.44 bits per heavy atom. The topological polar surface area (TPSA) is 105 Å². The van der Waals surface area contributed by atoms with Crippen LogP contribution in [0, 0.1) is 0 Å². The van der Waals surface area contributed by atoms with Crippen LogP contribution in [0.1, 0.15) is 0 Å². The normalized spacial score (nSPS) is 7.11. The zero-order chi connectivity index (χ0) is 7.11. The van der Waals surface area contributed by atoms with E-state index in [4.69, 9.17) is 15.6 Å². The Hall–Kier alpha value is -1.59. The minimum atomic E-state index is -0.250. The maximum Gasteiger partial charge on any atom is 0.290 e. The highest BCUT2D eigenvalue weighted by Gasteiger charge is 1.76. The molecule has 0 saturated carbocycles. The molecule has 0 radical (unpaired) electrons. The highest BCUT2D eigenvalue weighted by Crippen LogP contribution is 1.81. The fourth-order valence-corrected chi connectivity index (χ4v) is 0.210. The van der Waals surface area contributed by atoms with E-state index in [0.717, 1.165) is 0 Å². The molecule has 0 saturated heterocycles. The Morgan fingerprint density at radius 3 is 2.56 bits per heavy atom. The second-order valence-corrected chi connectivity index (χ2v) is 1.00. The van der Waals surface area contributed by atoms with Gasteiger partial charge in [-0.05, 0) is 0 Å². The first-order valence-corrected chi connectivity index (χ1v) is 2.01. The highest BCUT2D eigenvalue weighted by molar-refractivity contribution is 5.32. The van der Waals surface area contributed by atoms with E-state index >= 15 is 0 Å². The Morgan fingerprint density at radius 1 is 1.89 bits per heavy atom. The number of carbonyl (C=O) groups is 1. The summed E-state index contributed by atoms with van der Waals surface area (Å²) in [4.78, 5) is 8.36. The fourth-order valence-electron chi connectivity index (χ4n) is 0.210. The predicted molar refractivity (Wildman–Crippen MR) is 29.5 cm³/mol. The molecule has 4 N–H and O–H groups in total. The molecule has 0 unspecified atom stereocenters. The molecule has 0 aromatic carbocycles. The lowest BCUT2D eigenvalue weighted by atomic mass is 10.8. The van der Waals surface area contributed by atoms with Crippen molar-refractivity contribution in [3.63, 3.8) is 0 Å². The molecule has 0 amide bonds. The van der Waals surface area contributed by atoms with Crippen LogP contribution in [0.3, 0.4) is 0 Å². The van der Waals surface area contributed by atoms with E-state index in [9.17, 15) is 0 Å². The number of aromatic nitrogens is 3. The van der Waals surface area contributed by atoms with Crippen molar-refractivity contribution in [1.29, 1.82) is 0 Å². The number of H-pyrrole nitrogens is 1. The van der Waals surface area contributed by atoms with Gasteiger partial charge >= 0.3 is 0 Å². The Kier molecular flexibility index (Phi) is 3.76. The third-order valence-corrected chi connectivity index (χ3v) is 0.436. The van der Waals surface area contributed by atoms with Crippen LogP contribution in [0.15, 0.2) is 6.20 Å². The second-order valence-electron chi connectivity index (χ2n) is 1.00. The summed E-state index contributed by atoms with van der Waals surface area (Å²) in [7, 11) is 0. The number of aromatic amines is 1. The molecule has 0 fully saturated rings. The molecule has 1 aromatic heterocycles. The van der Waals surface area contributed by atoms with E-state index in [2.05, 4.69) is 15.4 Å². The SMILES string of the molecule is Nc1c[nH]nn1.O=CO. The van der Waals surface area contributed by atoms with Crippen LogP contribution in [0.2, 0.25) is 0 Å². The van der Waals surface area contributed by atoms with Crippen LogP contribution < -0.4 is 5.73 Å². The highest BCUT2D eigenvalue weighted by atomic mass is 16.3. The molecule has 6 heteroatoms. The average molecular weight is 130 g/mol. The van der Waals surface area contributed by atoms with Crippen LogP contribution in [0.4, 0.5) is 5.82 Å². The number of rotatable bonds is 0. The van der Waals surface area contributed by atoms with Crippen LogP contribution in [-0.2, 0) is 4.79 Å². The largest absolute Gasteiger partial charge is 0.483 e. The molecule has 0 aliphatic carbocycles. The lowest BCUT2D eigenvalue weighted by molar-refractivity contribution is -0.122. The van der Waals surface area contributed by atoms with Gasteiger partial charge in [-0.25, -0.2) is 0 Å². The van der Waals surface area contributed by atoms with Crippen LogP contribution in [0.5, 0.6) is 0 Å². The molecule has 0 aliphatic heterocycles. The van der Waals surface area contributed by atoms with Crippen LogP contribution in [-0.4, -0.2) is 27.0 Å². The van der Waals surface area contributed by atoms with Gasteiger partial charge in [0.15, 0.2) is 5.82 Å². The molecule has 0 spiro atoms. The number of hydrogen-bond acceptors (Lipinski definition) is 4. The minimum absolute atomic E-state index is 0.250. The lowest BCUT2D eigenvalue weighted by Crippen LogP contribution is -1.81. The minimum Gasteiger partial charge on any atom is -0.483 e. The molecular formula is C3H6N4O2. The quantitative estimate of drug-likeness (QED) is 0.394. The van der Waals surface area contributed by atoms with Gasteiger partial charge in [0.25, 0.3) is 6.47 Å². The first kappa shape index (κ1) is 7.41. The number of carboxylic acid groups (broad SMARTS) is 1. The Bertz CT molecular complexity index is 149. The number of nitrogens with two attached hydrogens (primary N) is 1. The number of anilines is 1. The van der Waals surface area contributed by atoms with Crippen molar-refractivity contribution in [1.82, 2.24) is 15.4 Å². The van der Waals surface area contributed by atoms with Gasteiger partial charge < -0.3 is 10.8 Å². The zero-order valence-electron chi connectivity index (χ0n) is 4.48. The molecule has 6 nitrogen and oxygen atoms in total. The van der Waals surface area contributed by atoms with E-state index in [-0.39, 0.29) is 6.47 Å². The molecule has 1 rings (SSSR count). The number of nitrogen functional groups attached to an aromatic ring is 1. The fraction of sp³-hybridized carbons (Fsp3) is 0. The molecule has 0 aliphatic rings. The summed E-state index contributed by atoms with van der Waals surface area (Å²) < 4.78 is 0. The van der Waals surface area contributed by atoms with Crippen molar-refractivity contribution in [2.45, 2.75) is 0 Å². The monoisotopic (exact) mass is 130 g/mol. The van der Waals surface area contributed by atoms with E-state index in [1.165, 1.54) is 6.20 Å². The maximum absolute atomic E-state index is 8.36. The number of hydrogen-bond donors (Lipinski definition) is 3. The summed E-state index contributed by atoms with van der Waals surface area (Å²) in [5.74, 6) is 0.426. The predicted octanol–water partition coefficient (Wildman–Crippen LogP) is -0.912. The Balaban J connectivity index is 0.000000187. The summed E-state index contributed by atoms with van der Waals surface area (Å²) in [6.45, 7) is -0.250. The van der Waals surface area contributed by atoms with Crippen molar-refractivity contribution in [2.24, 2.45) is 0 Å². The molecule has 1 aromatic rings. The van der Waals surface area contributed by atoms with Crippen LogP contribution in [0.25, 0.3) is 0 Å². The summed E-state index contributed by atoms with van der Waals surface area (Å²) in [5, 5.41) is 16.0. The third kappa shape index (κ3) is 4.26. The van der Waals surface area contributed by atoms with Gasteiger partial charge in [-0.2, -0.15) is 0 Å². The Labute approximate surface area is 50.7 Å². The van der Waals surface area contributed by atoms with Crippen molar-refractivity contribution in [2.75, 3.05) is 5.73 Å². The molecular weight excluding hydrogens is 124 g/mol. The van der Waals surface area contributed by atoms with Gasteiger partial charge in [-0.3, -0.25) is 9.89 Å². The first-order chi connectivity index (χ1) is 4.31. The zero-order valence-corrected chi connectivity index (χ0v) is 4.48. The van der Waals surface area contributed by atoms with E-state index in [1.807, 2.05) is 0 Å². The van der Waals surface area contributed by atoms with Crippen molar-refractivity contribution in [3.8, 4) is 0 Å². The first-order valence-electron chi connectivity index (χ1n) is 2.01. The lowest BCUT2D eigenvalue weighted by Gasteiger charge is -1.64. The molecule has 9 heavy (non-hydrogen) atoms. The van der Waals surface area contributed by atoms with Crippen molar-refractivity contribution < 1.29 is 9.90 Å². The number of nitrogens with one attached hydrogen (secondary N) is 1. The number of nitrogens with zero attached hydrogens (tertiary/aromatic N) is 2. The summed E-state index contributed by atoms with van der Waals surface area (Å²) in [5.41, 5.74) is 5.07. The van der Waals surface area contributed by atoms with E-state index in [0.29, 0.717) is 5.82 Å². The van der Waals surface area contributed by atoms with Gasteiger partial charge in [-0.1, -0.05) is 5.21 Å². The van der Waals surface area contributed by atoms with E-state index < -0.39 is 0 Å². The van der Waals surface area contributed by atoms with Crippen LogP contribution >= 0.6 is 0 Å². The molecule has 1 heterocycles. The summed E-state index contributed by atoms with van der Waals surface area (Å²) in [6, 6.07) is 0. The molecule has 50 valence electrons. The van der Waals surface area contributed by atoms with Crippen molar-refractivity contribution in [3.05, 3.63) is 6.20 Å². The summed E-state index contributed by atoms with van der Waals surface area (Å²) >= 11 is 0. The molecule has 0 atom stereocenters. The summed E-state index contributed by atoms with van der Waals surface area (Å²) in [6.07, 6.45) is 1.51. The smallest absolute Gasteiger partial charge is 0.290 e. The van der Waals surface area contributed by atoms with Crippen molar-refractivity contribution >= 4 is 12.3 Å². The van der Waals surface area contributed by atoms with Gasteiger partial charge in [0.1, 0.15) is 0 Å². The second kappa shape index (κ2) is 4.57. The average Bonchev–Trinajstić information content (AvgIpc) is 2.20. The van der Waals surface area contributed by atoms with Gasteiger partial charge in [0.05, 0.1) is 6.20 Å². The van der Waals surface area contributed by atoms with Gasteiger partial charge in [0.2, 0.25) is 0 Å². The standard InChI is InChI=1S/C2H4N4.CH2O2/c3-2-1-4-6-5-2;2-1-3/h1H,(H3,3,4,5,6);1H,(H,2,3). The van der Waals surface area contributed by atoms with Gasteiger partial charge in [-0.15, -0.1) is 5.10 Å². The third-order valence-electron chi connectivity index (χ3n) is 0.436. The molecule has 0 bridgehead atoms.